The quantitative estimate of drug-likeness (QED) is 0.682. The van der Waals surface area contributed by atoms with E-state index in [2.05, 4.69) is 5.32 Å². The van der Waals surface area contributed by atoms with Gasteiger partial charge in [0.2, 0.25) is 5.91 Å². The molecular formula is C10H19NO3. The highest BCUT2D eigenvalue weighted by Gasteiger charge is 2.31. The summed E-state index contributed by atoms with van der Waals surface area (Å²) in [6.07, 6.45) is 1.75. The zero-order valence-electron chi connectivity index (χ0n) is 9.09. The SMILES string of the molecule is CCCC(=O)NCC(C)(CC)C(=O)O. The molecule has 0 aromatic rings. The third-order valence-electron chi connectivity index (χ3n) is 2.45. The number of carbonyl (C=O) groups excluding carboxylic acids is 1. The van der Waals surface area contributed by atoms with Crippen molar-refractivity contribution in [1.82, 2.24) is 5.32 Å². The van der Waals surface area contributed by atoms with Crippen LogP contribution >= 0.6 is 0 Å². The molecule has 2 N–H and O–H groups in total. The van der Waals surface area contributed by atoms with Crippen LogP contribution in [0.15, 0.2) is 0 Å². The zero-order valence-corrected chi connectivity index (χ0v) is 9.09. The van der Waals surface area contributed by atoms with Crippen LogP contribution in [0.25, 0.3) is 0 Å². The number of nitrogens with one attached hydrogen (secondary N) is 1. The normalized spacial score (nSPS) is 14.5. The van der Waals surface area contributed by atoms with Crippen molar-refractivity contribution < 1.29 is 14.7 Å². The fraction of sp³-hybridized carbons (Fsp3) is 0.800. The van der Waals surface area contributed by atoms with E-state index in [0.717, 1.165) is 6.42 Å². The first-order valence-corrected chi connectivity index (χ1v) is 4.96. The number of hydrogen-bond donors (Lipinski definition) is 2. The Morgan fingerprint density at radius 2 is 1.93 bits per heavy atom. The molecule has 0 rings (SSSR count). The van der Waals surface area contributed by atoms with Gasteiger partial charge in [-0.25, -0.2) is 0 Å². The number of amides is 1. The van der Waals surface area contributed by atoms with Crippen LogP contribution in [-0.4, -0.2) is 23.5 Å². The molecule has 0 aliphatic heterocycles. The number of hydrogen-bond acceptors (Lipinski definition) is 2. The van der Waals surface area contributed by atoms with Crippen LogP contribution in [0.4, 0.5) is 0 Å². The van der Waals surface area contributed by atoms with E-state index in [0.29, 0.717) is 12.8 Å². The first-order chi connectivity index (χ1) is 6.46. The molecule has 0 heterocycles. The number of carboxylic acid groups (broad SMARTS) is 1. The molecule has 0 saturated carbocycles. The van der Waals surface area contributed by atoms with Gasteiger partial charge in [0.15, 0.2) is 0 Å². The lowest BCUT2D eigenvalue weighted by Gasteiger charge is -2.23. The third-order valence-corrected chi connectivity index (χ3v) is 2.45. The van der Waals surface area contributed by atoms with E-state index in [1.807, 2.05) is 6.92 Å². The Morgan fingerprint density at radius 3 is 2.29 bits per heavy atom. The van der Waals surface area contributed by atoms with Crippen LogP contribution in [0.3, 0.4) is 0 Å². The van der Waals surface area contributed by atoms with E-state index >= 15 is 0 Å². The fourth-order valence-electron chi connectivity index (χ4n) is 0.961. The standard InChI is InChI=1S/C10H19NO3/c1-4-6-8(12)11-7-10(3,5-2)9(13)14/h4-7H2,1-3H3,(H,11,12)(H,13,14). The van der Waals surface area contributed by atoms with Crippen molar-refractivity contribution in [3.05, 3.63) is 0 Å². The highest BCUT2D eigenvalue weighted by Crippen LogP contribution is 2.19. The number of aliphatic carboxylic acids is 1. The number of carboxylic acids is 1. The summed E-state index contributed by atoms with van der Waals surface area (Å²) in [5.41, 5.74) is -0.844. The van der Waals surface area contributed by atoms with Crippen LogP contribution in [0.5, 0.6) is 0 Å². The Kier molecular flexibility index (Phi) is 5.20. The van der Waals surface area contributed by atoms with Gasteiger partial charge in [-0.15, -0.1) is 0 Å². The molecule has 82 valence electrons. The molecule has 4 nitrogen and oxygen atoms in total. The van der Waals surface area contributed by atoms with Crippen molar-refractivity contribution in [3.8, 4) is 0 Å². The average Bonchev–Trinajstić information content (AvgIpc) is 2.14. The van der Waals surface area contributed by atoms with E-state index in [1.165, 1.54) is 0 Å². The van der Waals surface area contributed by atoms with Crippen LogP contribution in [0.2, 0.25) is 0 Å². The van der Waals surface area contributed by atoms with E-state index < -0.39 is 11.4 Å². The topological polar surface area (TPSA) is 66.4 Å². The molecule has 0 spiro atoms. The lowest BCUT2D eigenvalue weighted by atomic mass is 9.88. The summed E-state index contributed by atoms with van der Waals surface area (Å²) in [5.74, 6) is -0.940. The van der Waals surface area contributed by atoms with E-state index in [9.17, 15) is 9.59 Å². The van der Waals surface area contributed by atoms with Crippen LogP contribution < -0.4 is 5.32 Å². The van der Waals surface area contributed by atoms with Crippen molar-refractivity contribution in [1.29, 1.82) is 0 Å². The number of rotatable bonds is 6. The minimum atomic E-state index is -0.864. The maximum absolute atomic E-state index is 11.1. The monoisotopic (exact) mass is 201 g/mol. The summed E-state index contributed by atoms with van der Waals surface area (Å²) in [7, 11) is 0. The minimum Gasteiger partial charge on any atom is -0.481 e. The highest BCUT2D eigenvalue weighted by molar-refractivity contribution is 5.78. The van der Waals surface area contributed by atoms with Crippen molar-refractivity contribution in [2.24, 2.45) is 5.41 Å². The summed E-state index contributed by atoms with van der Waals surface area (Å²) >= 11 is 0. The molecule has 14 heavy (non-hydrogen) atoms. The van der Waals surface area contributed by atoms with Gasteiger partial charge >= 0.3 is 5.97 Å². The summed E-state index contributed by atoms with van der Waals surface area (Å²) in [6.45, 7) is 5.56. The Balaban J connectivity index is 4.08. The first kappa shape index (κ1) is 12.9. The average molecular weight is 201 g/mol. The Bertz CT molecular complexity index is 215. The van der Waals surface area contributed by atoms with Crippen molar-refractivity contribution in [3.63, 3.8) is 0 Å². The molecular weight excluding hydrogens is 182 g/mol. The van der Waals surface area contributed by atoms with Gasteiger partial charge in [0, 0.05) is 13.0 Å². The molecule has 0 aromatic carbocycles. The molecule has 1 unspecified atom stereocenters. The molecule has 0 saturated heterocycles. The highest BCUT2D eigenvalue weighted by atomic mass is 16.4. The van der Waals surface area contributed by atoms with Gasteiger partial charge in [0.05, 0.1) is 5.41 Å². The molecule has 0 aliphatic carbocycles. The Hall–Kier alpha value is -1.06. The van der Waals surface area contributed by atoms with Crippen molar-refractivity contribution >= 4 is 11.9 Å². The van der Waals surface area contributed by atoms with Crippen LogP contribution in [0, 0.1) is 5.41 Å². The molecule has 0 radical (unpaired) electrons. The molecule has 0 fully saturated rings. The van der Waals surface area contributed by atoms with Crippen molar-refractivity contribution in [2.75, 3.05) is 6.54 Å². The summed E-state index contributed by atoms with van der Waals surface area (Å²) in [4.78, 5) is 22.0. The van der Waals surface area contributed by atoms with Crippen LogP contribution in [0.1, 0.15) is 40.0 Å². The van der Waals surface area contributed by atoms with Gasteiger partial charge in [-0.3, -0.25) is 9.59 Å². The Morgan fingerprint density at radius 1 is 1.36 bits per heavy atom. The lowest BCUT2D eigenvalue weighted by molar-refractivity contribution is -0.148. The molecule has 4 heteroatoms. The molecule has 0 aromatic heterocycles. The molecule has 1 atom stereocenters. The van der Waals surface area contributed by atoms with Gasteiger partial charge in [-0.2, -0.15) is 0 Å². The summed E-state index contributed by atoms with van der Waals surface area (Å²) in [5, 5.41) is 11.6. The number of carbonyl (C=O) groups is 2. The van der Waals surface area contributed by atoms with Gasteiger partial charge in [-0.05, 0) is 19.8 Å². The second kappa shape index (κ2) is 5.62. The third kappa shape index (κ3) is 3.77. The van der Waals surface area contributed by atoms with Gasteiger partial charge in [-0.1, -0.05) is 13.8 Å². The fourth-order valence-corrected chi connectivity index (χ4v) is 0.961. The maximum atomic E-state index is 11.1. The zero-order chi connectivity index (χ0) is 11.2. The maximum Gasteiger partial charge on any atom is 0.311 e. The lowest BCUT2D eigenvalue weighted by Crippen LogP contribution is -2.40. The largest absolute Gasteiger partial charge is 0.481 e. The van der Waals surface area contributed by atoms with E-state index in [4.69, 9.17) is 5.11 Å². The predicted octanol–water partition coefficient (Wildman–Crippen LogP) is 1.40. The Labute approximate surface area is 84.7 Å². The van der Waals surface area contributed by atoms with Crippen LogP contribution in [-0.2, 0) is 9.59 Å². The van der Waals surface area contributed by atoms with Gasteiger partial charge in [0.25, 0.3) is 0 Å². The molecule has 0 aliphatic rings. The second-order valence-electron chi connectivity index (χ2n) is 3.75. The first-order valence-electron chi connectivity index (χ1n) is 4.96. The van der Waals surface area contributed by atoms with Crippen molar-refractivity contribution in [2.45, 2.75) is 40.0 Å². The molecule has 0 bridgehead atoms. The minimum absolute atomic E-state index is 0.0755. The second-order valence-corrected chi connectivity index (χ2v) is 3.75. The van der Waals surface area contributed by atoms with Gasteiger partial charge < -0.3 is 10.4 Å². The van der Waals surface area contributed by atoms with Gasteiger partial charge in [0.1, 0.15) is 0 Å². The summed E-state index contributed by atoms with van der Waals surface area (Å²) < 4.78 is 0. The summed E-state index contributed by atoms with van der Waals surface area (Å²) in [6, 6.07) is 0. The predicted molar refractivity (Wildman–Crippen MR) is 54.0 cm³/mol. The smallest absolute Gasteiger partial charge is 0.311 e. The molecule has 1 amide bonds. The van der Waals surface area contributed by atoms with E-state index in [-0.39, 0.29) is 12.5 Å². The van der Waals surface area contributed by atoms with E-state index in [1.54, 1.807) is 13.8 Å².